The summed E-state index contributed by atoms with van der Waals surface area (Å²) in [6.07, 6.45) is 4.66. The molecule has 0 amide bonds. The molecular weight excluding hydrogens is 200 g/mol. The normalized spacial score (nSPS) is 17.1. The molecule has 16 heavy (non-hydrogen) atoms. The third kappa shape index (κ3) is 1.60. The summed E-state index contributed by atoms with van der Waals surface area (Å²) in [7, 11) is 0. The van der Waals surface area contributed by atoms with Crippen LogP contribution in [0.25, 0.3) is 11.0 Å². The summed E-state index contributed by atoms with van der Waals surface area (Å²) in [5, 5.41) is 8.35. The molecule has 0 aliphatic carbocycles. The molecule has 1 aliphatic heterocycles. The number of hydrogen-bond donors (Lipinski definition) is 0. The molecule has 0 atom stereocenters. The zero-order valence-corrected chi connectivity index (χ0v) is 9.13. The first kappa shape index (κ1) is 9.51. The molecule has 0 unspecified atom stereocenters. The third-order valence-corrected chi connectivity index (χ3v) is 2.95. The highest BCUT2D eigenvalue weighted by Crippen LogP contribution is 2.14. The highest BCUT2D eigenvalue weighted by molar-refractivity contribution is 5.92. The van der Waals surface area contributed by atoms with Crippen molar-refractivity contribution in [1.29, 1.82) is 0 Å². The molecule has 1 aromatic carbocycles. The molecule has 1 aliphatic rings. The maximum Gasteiger partial charge on any atom is 0.127 e. The second-order valence-electron chi connectivity index (χ2n) is 4.10. The summed E-state index contributed by atoms with van der Waals surface area (Å²) < 4.78 is 1.89. The highest BCUT2D eigenvalue weighted by atomic mass is 15.4. The fourth-order valence-electron chi connectivity index (χ4n) is 2.09. The van der Waals surface area contributed by atoms with Crippen LogP contribution in [0.2, 0.25) is 0 Å². The van der Waals surface area contributed by atoms with Crippen molar-refractivity contribution in [2.75, 3.05) is 6.54 Å². The van der Waals surface area contributed by atoms with E-state index in [0.29, 0.717) is 0 Å². The summed E-state index contributed by atoms with van der Waals surface area (Å²) in [4.78, 5) is 4.59. The van der Waals surface area contributed by atoms with Gasteiger partial charge in [0.05, 0.1) is 5.52 Å². The number of benzene rings is 1. The van der Waals surface area contributed by atoms with Crippen LogP contribution in [0.4, 0.5) is 0 Å². The quantitative estimate of drug-likeness (QED) is 0.675. The Morgan fingerprint density at radius 1 is 1.06 bits per heavy atom. The molecule has 2 heterocycles. The van der Waals surface area contributed by atoms with Gasteiger partial charge in [0.2, 0.25) is 0 Å². The van der Waals surface area contributed by atoms with Crippen molar-refractivity contribution in [3.05, 3.63) is 24.3 Å². The van der Waals surface area contributed by atoms with Crippen molar-refractivity contribution in [2.45, 2.75) is 25.7 Å². The molecule has 3 rings (SSSR count). The average Bonchev–Trinajstić information content (AvgIpc) is 2.57. The predicted octanol–water partition coefficient (Wildman–Crippen LogP) is 2.25. The third-order valence-electron chi connectivity index (χ3n) is 2.95. The van der Waals surface area contributed by atoms with Gasteiger partial charge in [-0.15, -0.1) is 5.10 Å². The molecule has 0 saturated carbocycles. The molecule has 0 N–H and O–H groups in total. The lowest BCUT2D eigenvalue weighted by atomic mass is 10.2. The van der Waals surface area contributed by atoms with Crippen LogP contribution in [-0.4, -0.2) is 27.4 Å². The van der Waals surface area contributed by atoms with E-state index < -0.39 is 0 Å². The van der Waals surface area contributed by atoms with E-state index in [1.54, 1.807) is 0 Å². The Morgan fingerprint density at radius 3 is 3.00 bits per heavy atom. The van der Waals surface area contributed by atoms with Crippen LogP contribution in [0.5, 0.6) is 0 Å². The zero-order valence-electron chi connectivity index (χ0n) is 9.13. The fraction of sp³-hybridized carbons (Fsp3) is 0.417. The lowest BCUT2D eigenvalue weighted by Crippen LogP contribution is -2.13. The minimum Gasteiger partial charge on any atom is -0.270 e. The lowest BCUT2D eigenvalue weighted by Gasteiger charge is -2.03. The first-order valence-corrected chi connectivity index (χ1v) is 5.79. The van der Waals surface area contributed by atoms with Crippen LogP contribution < -0.4 is 0 Å². The SMILES string of the molecule is c1ccc2c(c1)nnn2C1=NCCCCC1. The molecule has 0 fully saturated rings. The minimum absolute atomic E-state index is 0.920. The number of nitrogens with zero attached hydrogens (tertiary/aromatic N) is 4. The number of hydrogen-bond acceptors (Lipinski definition) is 3. The average molecular weight is 214 g/mol. The van der Waals surface area contributed by atoms with Gasteiger partial charge in [0, 0.05) is 13.0 Å². The van der Waals surface area contributed by atoms with Crippen LogP contribution in [0.1, 0.15) is 25.7 Å². The van der Waals surface area contributed by atoms with E-state index in [1.165, 1.54) is 19.3 Å². The van der Waals surface area contributed by atoms with Crippen molar-refractivity contribution in [3.63, 3.8) is 0 Å². The van der Waals surface area contributed by atoms with Crippen molar-refractivity contribution >= 4 is 16.9 Å². The molecule has 4 nitrogen and oxygen atoms in total. The first-order valence-electron chi connectivity index (χ1n) is 5.79. The molecule has 0 radical (unpaired) electrons. The minimum atomic E-state index is 0.920. The molecule has 1 aromatic heterocycles. The van der Waals surface area contributed by atoms with Crippen molar-refractivity contribution in [3.8, 4) is 0 Å². The summed E-state index contributed by atoms with van der Waals surface area (Å²) in [6.45, 7) is 0.920. The van der Waals surface area contributed by atoms with Crippen LogP contribution in [-0.2, 0) is 0 Å². The van der Waals surface area contributed by atoms with Crippen molar-refractivity contribution in [2.24, 2.45) is 4.99 Å². The van der Waals surface area contributed by atoms with E-state index in [-0.39, 0.29) is 0 Å². The predicted molar refractivity (Wildman–Crippen MR) is 63.7 cm³/mol. The van der Waals surface area contributed by atoms with Crippen molar-refractivity contribution in [1.82, 2.24) is 15.0 Å². The first-order chi connectivity index (χ1) is 7.95. The number of rotatable bonds is 0. The molecular formula is C12H14N4. The maximum atomic E-state index is 4.59. The molecule has 0 spiro atoms. The lowest BCUT2D eigenvalue weighted by molar-refractivity contribution is 0.727. The van der Waals surface area contributed by atoms with Gasteiger partial charge in [-0.1, -0.05) is 23.8 Å². The smallest absolute Gasteiger partial charge is 0.127 e. The number of aliphatic imine (C=N–C) groups is 1. The van der Waals surface area contributed by atoms with Gasteiger partial charge in [-0.3, -0.25) is 4.99 Å². The van der Waals surface area contributed by atoms with Gasteiger partial charge in [-0.25, -0.2) is 0 Å². The van der Waals surface area contributed by atoms with E-state index >= 15 is 0 Å². The molecule has 82 valence electrons. The Kier molecular flexibility index (Phi) is 2.40. The standard InChI is InChI=1S/C12H14N4/c1-2-8-12(13-9-5-1)16-11-7-4-3-6-10(11)14-15-16/h3-4,6-7H,1-2,5,8-9H2. The van der Waals surface area contributed by atoms with Crippen LogP contribution in [0, 0.1) is 0 Å². The van der Waals surface area contributed by atoms with E-state index in [0.717, 1.165) is 29.8 Å². The Bertz CT molecular complexity index is 527. The Hall–Kier alpha value is -1.71. The van der Waals surface area contributed by atoms with Gasteiger partial charge < -0.3 is 0 Å². The molecule has 0 saturated heterocycles. The molecule has 0 bridgehead atoms. The summed E-state index contributed by atoms with van der Waals surface area (Å²) >= 11 is 0. The van der Waals surface area contributed by atoms with Crippen LogP contribution in [0.3, 0.4) is 0 Å². The van der Waals surface area contributed by atoms with Crippen LogP contribution in [0.15, 0.2) is 29.3 Å². The second-order valence-corrected chi connectivity index (χ2v) is 4.10. The second kappa shape index (κ2) is 4.04. The van der Waals surface area contributed by atoms with E-state index in [2.05, 4.69) is 15.3 Å². The van der Waals surface area contributed by atoms with E-state index in [9.17, 15) is 0 Å². The van der Waals surface area contributed by atoms with Gasteiger partial charge in [0.1, 0.15) is 11.4 Å². The highest BCUT2D eigenvalue weighted by Gasteiger charge is 2.11. The maximum absolute atomic E-state index is 4.59. The van der Waals surface area contributed by atoms with Gasteiger partial charge in [-0.05, 0) is 25.0 Å². The van der Waals surface area contributed by atoms with E-state index in [1.807, 2.05) is 28.9 Å². The van der Waals surface area contributed by atoms with Gasteiger partial charge >= 0.3 is 0 Å². The number of para-hydroxylation sites is 1. The largest absolute Gasteiger partial charge is 0.270 e. The Labute approximate surface area is 94.0 Å². The van der Waals surface area contributed by atoms with Gasteiger partial charge in [0.25, 0.3) is 0 Å². The number of aromatic nitrogens is 3. The van der Waals surface area contributed by atoms with Crippen molar-refractivity contribution < 1.29 is 0 Å². The van der Waals surface area contributed by atoms with Crippen LogP contribution >= 0.6 is 0 Å². The Morgan fingerprint density at radius 2 is 2.00 bits per heavy atom. The molecule has 4 heteroatoms. The summed E-state index contributed by atoms with van der Waals surface area (Å²) in [6, 6.07) is 8.02. The molecule has 2 aromatic rings. The topological polar surface area (TPSA) is 43.1 Å². The monoisotopic (exact) mass is 214 g/mol. The zero-order chi connectivity index (χ0) is 10.8. The number of fused-ring (bicyclic) bond motifs is 1. The Balaban J connectivity index is 2.07. The summed E-state index contributed by atoms with van der Waals surface area (Å²) in [5.41, 5.74) is 2.00. The van der Waals surface area contributed by atoms with E-state index in [4.69, 9.17) is 0 Å². The van der Waals surface area contributed by atoms with Gasteiger partial charge in [0.15, 0.2) is 0 Å². The fourth-order valence-corrected chi connectivity index (χ4v) is 2.09. The summed E-state index contributed by atoms with van der Waals surface area (Å²) in [5.74, 6) is 1.06. The van der Waals surface area contributed by atoms with Gasteiger partial charge in [-0.2, -0.15) is 4.68 Å².